The van der Waals surface area contributed by atoms with Gasteiger partial charge in [-0.3, -0.25) is 13.9 Å². The summed E-state index contributed by atoms with van der Waals surface area (Å²) >= 11 is 5.86. The standard InChI is InChI=1S/C22H19ClN2O4S/c1-30(28,29)25(18-13-11-17(23)12-14-18)15-21(26)24-20-10-6-5-9-19(20)22(27)16-7-3-2-4-8-16/h2-14H,15H2,1H3,(H,24,26). The number of halogens is 1. The van der Waals surface area contributed by atoms with Crippen LogP contribution in [0, 0.1) is 0 Å². The van der Waals surface area contributed by atoms with Gasteiger partial charge in [-0.2, -0.15) is 0 Å². The normalized spacial score (nSPS) is 11.0. The first kappa shape index (κ1) is 21.5. The van der Waals surface area contributed by atoms with Crippen molar-refractivity contribution < 1.29 is 18.0 Å². The van der Waals surface area contributed by atoms with Crippen molar-refractivity contribution in [3.63, 3.8) is 0 Å². The Bertz CT molecular complexity index is 1160. The predicted octanol–water partition coefficient (Wildman–Crippen LogP) is 3.98. The smallest absolute Gasteiger partial charge is 0.245 e. The maximum absolute atomic E-state index is 12.8. The number of carbonyl (C=O) groups is 2. The highest BCUT2D eigenvalue weighted by Gasteiger charge is 2.22. The molecule has 6 nitrogen and oxygen atoms in total. The van der Waals surface area contributed by atoms with Crippen molar-refractivity contribution in [3.05, 3.63) is 95.0 Å². The number of ketones is 1. The minimum atomic E-state index is -3.73. The summed E-state index contributed by atoms with van der Waals surface area (Å²) in [6, 6.07) is 21.4. The second kappa shape index (κ2) is 9.11. The molecule has 0 radical (unpaired) electrons. The SMILES string of the molecule is CS(=O)(=O)N(CC(=O)Nc1ccccc1C(=O)c1ccccc1)c1ccc(Cl)cc1. The molecule has 1 amide bonds. The van der Waals surface area contributed by atoms with Gasteiger partial charge in [0.1, 0.15) is 6.54 Å². The van der Waals surface area contributed by atoms with Crippen LogP contribution in [0.1, 0.15) is 15.9 Å². The van der Waals surface area contributed by atoms with Crippen LogP contribution in [-0.4, -0.2) is 32.9 Å². The lowest BCUT2D eigenvalue weighted by Crippen LogP contribution is -2.37. The Morgan fingerprint density at radius 1 is 0.900 bits per heavy atom. The Hall–Kier alpha value is -3.16. The molecule has 0 atom stereocenters. The third-order valence-corrected chi connectivity index (χ3v) is 5.68. The zero-order chi connectivity index (χ0) is 21.7. The van der Waals surface area contributed by atoms with Gasteiger partial charge in [-0.05, 0) is 36.4 Å². The lowest BCUT2D eigenvalue weighted by Gasteiger charge is -2.22. The van der Waals surface area contributed by atoms with E-state index in [2.05, 4.69) is 5.32 Å². The van der Waals surface area contributed by atoms with Crippen molar-refractivity contribution in [1.29, 1.82) is 0 Å². The van der Waals surface area contributed by atoms with Crippen LogP contribution in [-0.2, 0) is 14.8 Å². The fourth-order valence-corrected chi connectivity index (χ4v) is 3.85. The molecule has 0 saturated heterocycles. The lowest BCUT2D eigenvalue weighted by atomic mass is 10.0. The maximum atomic E-state index is 12.8. The van der Waals surface area contributed by atoms with E-state index in [4.69, 9.17) is 11.6 Å². The fraction of sp³-hybridized carbons (Fsp3) is 0.0909. The summed E-state index contributed by atoms with van der Waals surface area (Å²) in [5, 5.41) is 3.10. The monoisotopic (exact) mass is 442 g/mol. The number of nitrogens with zero attached hydrogens (tertiary/aromatic N) is 1. The molecule has 0 saturated carbocycles. The first-order chi connectivity index (χ1) is 14.3. The van der Waals surface area contributed by atoms with Crippen molar-refractivity contribution in [2.75, 3.05) is 22.4 Å². The van der Waals surface area contributed by atoms with Crippen molar-refractivity contribution in [2.24, 2.45) is 0 Å². The number of benzene rings is 3. The molecule has 30 heavy (non-hydrogen) atoms. The molecule has 0 aliphatic heterocycles. The lowest BCUT2D eigenvalue weighted by molar-refractivity contribution is -0.114. The molecule has 0 aliphatic rings. The molecule has 3 aromatic carbocycles. The zero-order valence-electron chi connectivity index (χ0n) is 16.1. The van der Waals surface area contributed by atoms with E-state index in [1.54, 1.807) is 66.7 Å². The molecule has 8 heteroatoms. The minimum Gasteiger partial charge on any atom is -0.324 e. The largest absolute Gasteiger partial charge is 0.324 e. The Kier molecular flexibility index (Phi) is 6.54. The molecule has 0 bridgehead atoms. The molecule has 3 rings (SSSR count). The van der Waals surface area contributed by atoms with Gasteiger partial charge in [0.05, 0.1) is 17.6 Å². The van der Waals surface area contributed by atoms with Gasteiger partial charge >= 0.3 is 0 Å². The van der Waals surface area contributed by atoms with Gasteiger partial charge in [0.25, 0.3) is 0 Å². The van der Waals surface area contributed by atoms with E-state index in [1.807, 2.05) is 0 Å². The molecule has 0 spiro atoms. The Morgan fingerprint density at radius 2 is 1.50 bits per heavy atom. The van der Waals surface area contributed by atoms with Gasteiger partial charge in [-0.15, -0.1) is 0 Å². The Morgan fingerprint density at radius 3 is 2.13 bits per heavy atom. The van der Waals surface area contributed by atoms with E-state index in [0.29, 0.717) is 27.5 Å². The van der Waals surface area contributed by atoms with Crippen LogP contribution in [0.4, 0.5) is 11.4 Å². The van der Waals surface area contributed by atoms with Crippen LogP contribution < -0.4 is 9.62 Å². The summed E-state index contributed by atoms with van der Waals surface area (Å²) in [7, 11) is -3.73. The first-order valence-electron chi connectivity index (χ1n) is 8.97. The average molecular weight is 443 g/mol. The van der Waals surface area contributed by atoms with E-state index in [-0.39, 0.29) is 5.78 Å². The number of hydrogen-bond donors (Lipinski definition) is 1. The molecular formula is C22H19ClN2O4S. The van der Waals surface area contributed by atoms with Crippen molar-refractivity contribution in [3.8, 4) is 0 Å². The third kappa shape index (κ3) is 5.25. The first-order valence-corrected chi connectivity index (χ1v) is 11.2. The molecule has 3 aromatic rings. The van der Waals surface area contributed by atoms with Crippen molar-refractivity contribution in [2.45, 2.75) is 0 Å². The number of sulfonamides is 1. The molecule has 1 N–H and O–H groups in total. The summed E-state index contributed by atoms with van der Waals surface area (Å²) in [4.78, 5) is 25.5. The number of hydrogen-bond acceptors (Lipinski definition) is 4. The van der Waals surface area contributed by atoms with E-state index in [1.165, 1.54) is 12.1 Å². The second-order valence-corrected chi connectivity index (χ2v) is 8.88. The van der Waals surface area contributed by atoms with Crippen LogP contribution in [0.2, 0.25) is 5.02 Å². The van der Waals surface area contributed by atoms with Crippen LogP contribution in [0.5, 0.6) is 0 Å². The molecule has 0 aliphatic carbocycles. The number of carbonyl (C=O) groups excluding carboxylic acids is 2. The fourth-order valence-electron chi connectivity index (χ4n) is 2.86. The summed E-state index contributed by atoms with van der Waals surface area (Å²) in [6.07, 6.45) is 1.02. The van der Waals surface area contributed by atoms with Gasteiger partial charge < -0.3 is 5.32 Å². The number of nitrogens with one attached hydrogen (secondary N) is 1. The quantitative estimate of drug-likeness (QED) is 0.561. The number of para-hydroxylation sites is 1. The number of anilines is 2. The summed E-state index contributed by atoms with van der Waals surface area (Å²) < 4.78 is 25.4. The van der Waals surface area contributed by atoms with Crippen LogP contribution in [0.3, 0.4) is 0 Å². The minimum absolute atomic E-state index is 0.246. The molecule has 0 heterocycles. The highest BCUT2D eigenvalue weighted by atomic mass is 35.5. The third-order valence-electron chi connectivity index (χ3n) is 4.28. The van der Waals surface area contributed by atoms with Gasteiger partial charge in [0.2, 0.25) is 15.9 Å². The van der Waals surface area contributed by atoms with E-state index in [0.717, 1.165) is 10.6 Å². The highest BCUT2D eigenvalue weighted by molar-refractivity contribution is 7.92. The second-order valence-electron chi connectivity index (χ2n) is 6.53. The molecule has 0 fully saturated rings. The molecule has 0 unspecified atom stereocenters. The summed E-state index contributed by atoms with van der Waals surface area (Å²) in [5.41, 5.74) is 1.42. The van der Waals surface area contributed by atoms with Gasteiger partial charge in [0.15, 0.2) is 5.78 Å². The average Bonchev–Trinajstić information content (AvgIpc) is 2.72. The highest BCUT2D eigenvalue weighted by Crippen LogP contribution is 2.22. The van der Waals surface area contributed by atoms with Crippen LogP contribution in [0.15, 0.2) is 78.9 Å². The molecular weight excluding hydrogens is 424 g/mol. The topological polar surface area (TPSA) is 83.6 Å². The van der Waals surface area contributed by atoms with Crippen LogP contribution in [0.25, 0.3) is 0 Å². The summed E-state index contributed by atoms with van der Waals surface area (Å²) in [5.74, 6) is -0.826. The Labute approximate surface area is 180 Å². The van der Waals surface area contributed by atoms with E-state index >= 15 is 0 Å². The van der Waals surface area contributed by atoms with Gasteiger partial charge in [-0.25, -0.2) is 8.42 Å². The summed E-state index contributed by atoms with van der Waals surface area (Å²) in [6.45, 7) is -0.450. The van der Waals surface area contributed by atoms with Crippen molar-refractivity contribution in [1.82, 2.24) is 0 Å². The predicted molar refractivity (Wildman–Crippen MR) is 119 cm³/mol. The van der Waals surface area contributed by atoms with E-state index < -0.39 is 22.5 Å². The number of amides is 1. The van der Waals surface area contributed by atoms with Gasteiger partial charge in [0, 0.05) is 16.1 Å². The van der Waals surface area contributed by atoms with Crippen molar-refractivity contribution >= 4 is 44.7 Å². The van der Waals surface area contributed by atoms with E-state index in [9.17, 15) is 18.0 Å². The number of rotatable bonds is 7. The van der Waals surface area contributed by atoms with Crippen LogP contribution >= 0.6 is 11.6 Å². The zero-order valence-corrected chi connectivity index (χ0v) is 17.7. The Balaban J connectivity index is 1.83. The molecule has 0 aromatic heterocycles. The van der Waals surface area contributed by atoms with Gasteiger partial charge in [-0.1, -0.05) is 54.1 Å². The molecule has 154 valence electrons. The maximum Gasteiger partial charge on any atom is 0.245 e.